The van der Waals surface area contributed by atoms with Crippen molar-refractivity contribution < 1.29 is 0 Å². The van der Waals surface area contributed by atoms with Gasteiger partial charge in [-0.05, 0) is 18.2 Å². The molecule has 0 unspecified atom stereocenters. The number of aryl methyl sites for hydroxylation is 1. The van der Waals surface area contributed by atoms with Gasteiger partial charge in [0.1, 0.15) is 23.8 Å². The van der Waals surface area contributed by atoms with Crippen LogP contribution in [0.5, 0.6) is 0 Å². The Bertz CT molecular complexity index is 1140. The summed E-state index contributed by atoms with van der Waals surface area (Å²) in [5.74, 6) is 0.580. The van der Waals surface area contributed by atoms with Crippen molar-refractivity contribution in [2.24, 2.45) is 7.05 Å². The zero-order chi connectivity index (χ0) is 17.4. The molecule has 0 bridgehead atoms. The Labute approximate surface area is 142 Å². The Hall–Kier alpha value is -3.86. The average Bonchev–Trinajstić information content (AvgIpc) is 3.07. The van der Waals surface area contributed by atoms with Crippen LogP contribution in [0.1, 0.15) is 5.69 Å². The molecule has 4 aromatic rings. The molecule has 8 heteroatoms. The van der Waals surface area contributed by atoms with Crippen LogP contribution in [-0.2, 0) is 7.05 Å². The SMILES string of the molecule is Cn1ncnc1-c1nc(N)c(C#N)nc1-c1ccc2ncccc2c1. The van der Waals surface area contributed by atoms with Crippen LogP contribution in [-0.4, -0.2) is 29.7 Å². The molecule has 0 aliphatic rings. The molecule has 25 heavy (non-hydrogen) atoms. The second-order valence-electron chi connectivity index (χ2n) is 5.38. The molecule has 0 radical (unpaired) electrons. The van der Waals surface area contributed by atoms with Gasteiger partial charge in [0.05, 0.1) is 5.52 Å². The van der Waals surface area contributed by atoms with Crippen molar-refractivity contribution in [3.63, 3.8) is 0 Å². The van der Waals surface area contributed by atoms with Crippen molar-refractivity contribution in [2.75, 3.05) is 5.73 Å². The molecule has 3 heterocycles. The van der Waals surface area contributed by atoms with Gasteiger partial charge in [0.25, 0.3) is 0 Å². The van der Waals surface area contributed by atoms with Gasteiger partial charge in [0.15, 0.2) is 17.3 Å². The highest BCUT2D eigenvalue weighted by atomic mass is 15.3. The fraction of sp³-hybridized carbons (Fsp3) is 0.0588. The van der Waals surface area contributed by atoms with Crippen LogP contribution < -0.4 is 5.73 Å². The molecular weight excluding hydrogens is 316 g/mol. The lowest BCUT2D eigenvalue weighted by atomic mass is 10.1. The van der Waals surface area contributed by atoms with E-state index < -0.39 is 0 Å². The topological polar surface area (TPSA) is 119 Å². The summed E-state index contributed by atoms with van der Waals surface area (Å²) in [5, 5.41) is 14.3. The Kier molecular flexibility index (Phi) is 3.32. The molecule has 1 aromatic carbocycles. The van der Waals surface area contributed by atoms with Crippen LogP contribution in [0.4, 0.5) is 5.82 Å². The number of anilines is 1. The minimum absolute atomic E-state index is 0.0618. The number of benzene rings is 1. The van der Waals surface area contributed by atoms with Gasteiger partial charge in [0.2, 0.25) is 0 Å². The number of nitrogen functional groups attached to an aromatic ring is 1. The van der Waals surface area contributed by atoms with Crippen molar-refractivity contribution in [3.8, 4) is 28.8 Å². The van der Waals surface area contributed by atoms with Gasteiger partial charge < -0.3 is 5.73 Å². The molecule has 0 amide bonds. The van der Waals surface area contributed by atoms with Crippen LogP contribution in [0.3, 0.4) is 0 Å². The summed E-state index contributed by atoms with van der Waals surface area (Å²) < 4.78 is 1.58. The van der Waals surface area contributed by atoms with E-state index in [9.17, 15) is 5.26 Å². The first-order valence-electron chi connectivity index (χ1n) is 7.44. The summed E-state index contributed by atoms with van der Waals surface area (Å²) in [4.78, 5) is 17.3. The van der Waals surface area contributed by atoms with Crippen LogP contribution >= 0.6 is 0 Å². The first kappa shape index (κ1) is 14.7. The lowest BCUT2D eigenvalue weighted by molar-refractivity contribution is 0.771. The van der Waals surface area contributed by atoms with Crippen molar-refractivity contribution in [1.29, 1.82) is 5.26 Å². The van der Waals surface area contributed by atoms with Crippen LogP contribution in [0.25, 0.3) is 33.7 Å². The van der Waals surface area contributed by atoms with Gasteiger partial charge in [-0.3, -0.25) is 4.98 Å². The standard InChI is InChI=1S/C17H12N8/c1-25-17(21-9-22-25)15-14(23-13(8-18)16(19)24-15)11-4-5-12-10(7-11)3-2-6-20-12/h2-7,9H,1H3,(H2,19,24). The lowest BCUT2D eigenvalue weighted by Gasteiger charge is -2.10. The summed E-state index contributed by atoms with van der Waals surface area (Å²) in [5.41, 5.74) is 8.60. The Morgan fingerprint density at radius 1 is 1.12 bits per heavy atom. The zero-order valence-electron chi connectivity index (χ0n) is 13.2. The predicted molar refractivity (Wildman–Crippen MR) is 91.9 cm³/mol. The molecule has 2 N–H and O–H groups in total. The van der Waals surface area contributed by atoms with Crippen molar-refractivity contribution in [1.82, 2.24) is 29.7 Å². The number of rotatable bonds is 2. The third-order valence-electron chi connectivity index (χ3n) is 3.83. The second kappa shape index (κ2) is 5.65. The van der Waals surface area contributed by atoms with E-state index in [1.54, 1.807) is 17.9 Å². The zero-order valence-corrected chi connectivity index (χ0v) is 13.2. The smallest absolute Gasteiger partial charge is 0.183 e. The fourth-order valence-corrected chi connectivity index (χ4v) is 2.62. The van der Waals surface area contributed by atoms with Crippen molar-refractivity contribution >= 4 is 16.7 Å². The fourth-order valence-electron chi connectivity index (χ4n) is 2.62. The maximum atomic E-state index is 9.26. The molecule has 0 saturated carbocycles. The summed E-state index contributed by atoms with van der Waals surface area (Å²) >= 11 is 0. The summed E-state index contributed by atoms with van der Waals surface area (Å²) in [6.45, 7) is 0. The number of hydrogen-bond acceptors (Lipinski definition) is 7. The Balaban J connectivity index is 2.01. The average molecular weight is 328 g/mol. The molecule has 4 rings (SSSR count). The molecule has 8 nitrogen and oxygen atoms in total. The van der Waals surface area contributed by atoms with Gasteiger partial charge in [-0.2, -0.15) is 10.4 Å². The predicted octanol–water partition coefficient (Wildman–Crippen LogP) is 1.94. The number of aromatic nitrogens is 6. The summed E-state index contributed by atoms with van der Waals surface area (Å²) in [6, 6.07) is 11.5. The van der Waals surface area contributed by atoms with E-state index in [0.717, 1.165) is 16.5 Å². The quantitative estimate of drug-likeness (QED) is 0.597. The third-order valence-corrected chi connectivity index (χ3v) is 3.83. The van der Waals surface area contributed by atoms with Crippen LogP contribution in [0.2, 0.25) is 0 Å². The lowest BCUT2D eigenvalue weighted by Crippen LogP contribution is -2.06. The highest BCUT2D eigenvalue weighted by Crippen LogP contribution is 2.30. The van der Waals surface area contributed by atoms with E-state index in [2.05, 4.69) is 25.0 Å². The van der Waals surface area contributed by atoms with E-state index >= 15 is 0 Å². The van der Waals surface area contributed by atoms with E-state index in [0.29, 0.717) is 17.2 Å². The third kappa shape index (κ3) is 2.44. The van der Waals surface area contributed by atoms with Gasteiger partial charge in [-0.25, -0.2) is 19.6 Å². The molecule has 3 aromatic heterocycles. The summed E-state index contributed by atoms with van der Waals surface area (Å²) in [7, 11) is 1.76. The highest BCUT2D eigenvalue weighted by molar-refractivity contribution is 5.86. The Morgan fingerprint density at radius 2 is 2.00 bits per heavy atom. The molecule has 120 valence electrons. The molecule has 0 aliphatic heterocycles. The number of nitrogens with zero attached hydrogens (tertiary/aromatic N) is 7. The number of pyridine rings is 1. The number of nitrogens with two attached hydrogens (primary N) is 1. The number of fused-ring (bicyclic) bond motifs is 1. The number of nitriles is 1. The molecular formula is C17H12N8. The van der Waals surface area contributed by atoms with Crippen molar-refractivity contribution in [2.45, 2.75) is 0 Å². The number of hydrogen-bond donors (Lipinski definition) is 1. The van der Waals surface area contributed by atoms with Crippen LogP contribution in [0, 0.1) is 11.3 Å². The monoisotopic (exact) mass is 328 g/mol. The minimum atomic E-state index is 0.0618. The van der Waals surface area contributed by atoms with Gasteiger partial charge in [-0.15, -0.1) is 0 Å². The largest absolute Gasteiger partial charge is 0.381 e. The molecule has 0 fully saturated rings. The van der Waals surface area contributed by atoms with Crippen LogP contribution in [0.15, 0.2) is 42.9 Å². The Morgan fingerprint density at radius 3 is 2.76 bits per heavy atom. The molecule has 0 spiro atoms. The van der Waals surface area contributed by atoms with E-state index in [-0.39, 0.29) is 11.5 Å². The first-order chi connectivity index (χ1) is 12.2. The summed E-state index contributed by atoms with van der Waals surface area (Å²) in [6.07, 6.45) is 3.17. The van der Waals surface area contributed by atoms with E-state index in [1.807, 2.05) is 36.4 Å². The molecule has 0 saturated heterocycles. The van der Waals surface area contributed by atoms with Gasteiger partial charge in [0, 0.05) is 24.2 Å². The minimum Gasteiger partial charge on any atom is -0.381 e. The highest BCUT2D eigenvalue weighted by Gasteiger charge is 2.19. The molecule has 0 aliphatic carbocycles. The maximum absolute atomic E-state index is 9.26. The van der Waals surface area contributed by atoms with Gasteiger partial charge in [-0.1, -0.05) is 12.1 Å². The molecule has 0 atom stereocenters. The van der Waals surface area contributed by atoms with E-state index in [1.165, 1.54) is 6.33 Å². The van der Waals surface area contributed by atoms with Gasteiger partial charge >= 0.3 is 0 Å². The normalized spacial score (nSPS) is 10.7. The van der Waals surface area contributed by atoms with E-state index in [4.69, 9.17) is 5.73 Å². The second-order valence-corrected chi connectivity index (χ2v) is 5.38. The van der Waals surface area contributed by atoms with Crippen molar-refractivity contribution in [3.05, 3.63) is 48.5 Å². The first-order valence-corrected chi connectivity index (χ1v) is 7.44. The maximum Gasteiger partial charge on any atom is 0.183 e.